The molecule has 0 bridgehead atoms. The van der Waals surface area contributed by atoms with E-state index in [-0.39, 0.29) is 19.0 Å². The van der Waals surface area contributed by atoms with Crippen LogP contribution in [0.15, 0.2) is 48.5 Å². The molecule has 1 amide bonds. The fourth-order valence-corrected chi connectivity index (χ4v) is 3.42. The second kappa shape index (κ2) is 7.68. The van der Waals surface area contributed by atoms with Gasteiger partial charge in [0.25, 0.3) is 5.91 Å². The van der Waals surface area contributed by atoms with Crippen LogP contribution in [0.3, 0.4) is 0 Å². The third-order valence-electron chi connectivity index (χ3n) is 3.48. The second-order valence-corrected chi connectivity index (χ2v) is 7.73. The minimum absolute atomic E-state index is 0.124. The summed E-state index contributed by atoms with van der Waals surface area (Å²) < 4.78 is 25.5. The molecule has 0 aliphatic carbocycles. The van der Waals surface area contributed by atoms with Crippen molar-refractivity contribution in [2.45, 2.75) is 6.92 Å². The van der Waals surface area contributed by atoms with Crippen LogP contribution < -0.4 is 9.62 Å². The molecule has 0 radical (unpaired) electrons. The molecule has 0 spiro atoms. The summed E-state index contributed by atoms with van der Waals surface area (Å²) >= 11 is 5.98. The van der Waals surface area contributed by atoms with Gasteiger partial charge in [0.15, 0.2) is 0 Å². The van der Waals surface area contributed by atoms with Gasteiger partial charge in [-0.15, -0.1) is 0 Å². The quantitative estimate of drug-likeness (QED) is 0.854. The number of rotatable bonds is 6. The number of benzene rings is 2. The van der Waals surface area contributed by atoms with Gasteiger partial charge in [-0.25, -0.2) is 8.42 Å². The van der Waals surface area contributed by atoms with E-state index in [9.17, 15) is 13.2 Å². The molecule has 0 atom stereocenters. The summed E-state index contributed by atoms with van der Waals surface area (Å²) in [6, 6.07) is 13.8. The van der Waals surface area contributed by atoms with Gasteiger partial charge in [-0.05, 0) is 36.8 Å². The van der Waals surface area contributed by atoms with Gasteiger partial charge in [-0.1, -0.05) is 35.9 Å². The number of anilines is 1. The maximum atomic E-state index is 12.1. The van der Waals surface area contributed by atoms with Crippen molar-refractivity contribution in [2.24, 2.45) is 0 Å². The second-order valence-electron chi connectivity index (χ2n) is 5.39. The summed E-state index contributed by atoms with van der Waals surface area (Å²) in [6.07, 6.45) is 1.13. The SMILES string of the molecule is Cc1ccc(Cl)cc1N(CCNC(=O)c1ccccc1)S(C)(=O)=O. The minimum atomic E-state index is -3.50. The summed E-state index contributed by atoms with van der Waals surface area (Å²) in [5.74, 6) is -0.244. The maximum Gasteiger partial charge on any atom is 0.251 e. The van der Waals surface area contributed by atoms with Crippen molar-refractivity contribution < 1.29 is 13.2 Å². The molecule has 1 N–H and O–H groups in total. The molecule has 0 unspecified atom stereocenters. The van der Waals surface area contributed by atoms with E-state index in [1.807, 2.05) is 13.0 Å². The third kappa shape index (κ3) is 4.72. The first kappa shape index (κ1) is 18.3. The molecule has 0 fully saturated rings. The van der Waals surface area contributed by atoms with Gasteiger partial charge in [0.2, 0.25) is 10.0 Å². The summed E-state index contributed by atoms with van der Waals surface area (Å²) in [6.45, 7) is 2.12. The van der Waals surface area contributed by atoms with Crippen LogP contribution in [-0.2, 0) is 10.0 Å². The van der Waals surface area contributed by atoms with E-state index in [0.29, 0.717) is 16.3 Å². The van der Waals surface area contributed by atoms with Crippen LogP contribution in [0.4, 0.5) is 5.69 Å². The number of sulfonamides is 1. The van der Waals surface area contributed by atoms with E-state index in [0.717, 1.165) is 11.8 Å². The lowest BCUT2D eigenvalue weighted by atomic mass is 10.2. The molecule has 0 aromatic heterocycles. The number of hydrogen-bond acceptors (Lipinski definition) is 3. The van der Waals surface area contributed by atoms with Gasteiger partial charge in [0, 0.05) is 17.1 Å². The van der Waals surface area contributed by atoms with E-state index in [4.69, 9.17) is 11.6 Å². The van der Waals surface area contributed by atoms with Gasteiger partial charge in [-0.2, -0.15) is 0 Å². The van der Waals surface area contributed by atoms with Crippen LogP contribution in [0, 0.1) is 6.92 Å². The van der Waals surface area contributed by atoms with Gasteiger partial charge >= 0.3 is 0 Å². The first-order valence-corrected chi connectivity index (χ1v) is 9.59. The Bertz CT molecular complexity index is 823. The van der Waals surface area contributed by atoms with Gasteiger partial charge in [0.05, 0.1) is 18.5 Å². The van der Waals surface area contributed by atoms with E-state index < -0.39 is 10.0 Å². The Morgan fingerprint density at radius 3 is 2.46 bits per heavy atom. The molecule has 2 aromatic rings. The molecule has 7 heteroatoms. The number of hydrogen-bond donors (Lipinski definition) is 1. The highest BCUT2D eigenvalue weighted by Crippen LogP contribution is 2.25. The summed E-state index contributed by atoms with van der Waals surface area (Å²) in [7, 11) is -3.50. The van der Waals surface area contributed by atoms with E-state index in [1.54, 1.807) is 42.5 Å². The number of halogens is 1. The van der Waals surface area contributed by atoms with Crippen molar-refractivity contribution in [1.29, 1.82) is 0 Å². The molecule has 2 aromatic carbocycles. The lowest BCUT2D eigenvalue weighted by Gasteiger charge is -2.24. The van der Waals surface area contributed by atoms with Crippen molar-refractivity contribution in [3.63, 3.8) is 0 Å². The molecule has 2 rings (SSSR count). The van der Waals surface area contributed by atoms with Crippen LogP contribution in [-0.4, -0.2) is 33.7 Å². The molecule has 24 heavy (non-hydrogen) atoms. The molecule has 128 valence electrons. The van der Waals surface area contributed by atoms with Crippen LogP contribution in [0.25, 0.3) is 0 Å². The van der Waals surface area contributed by atoms with Gasteiger partial charge in [0.1, 0.15) is 0 Å². The minimum Gasteiger partial charge on any atom is -0.350 e. The predicted molar refractivity (Wildman–Crippen MR) is 97.2 cm³/mol. The first-order valence-electron chi connectivity index (χ1n) is 7.36. The van der Waals surface area contributed by atoms with Crippen molar-refractivity contribution in [2.75, 3.05) is 23.7 Å². The predicted octanol–water partition coefficient (Wildman–Crippen LogP) is 2.84. The van der Waals surface area contributed by atoms with Crippen LogP contribution >= 0.6 is 11.6 Å². The highest BCUT2D eigenvalue weighted by Gasteiger charge is 2.19. The van der Waals surface area contributed by atoms with Crippen LogP contribution in [0.1, 0.15) is 15.9 Å². The smallest absolute Gasteiger partial charge is 0.251 e. The molecule has 0 aliphatic heterocycles. The largest absolute Gasteiger partial charge is 0.350 e. The zero-order valence-corrected chi connectivity index (χ0v) is 15.1. The lowest BCUT2D eigenvalue weighted by molar-refractivity contribution is 0.0955. The number of carbonyl (C=O) groups is 1. The van der Waals surface area contributed by atoms with Crippen LogP contribution in [0.2, 0.25) is 5.02 Å². The molecule has 5 nitrogen and oxygen atoms in total. The Morgan fingerprint density at radius 2 is 1.83 bits per heavy atom. The van der Waals surface area contributed by atoms with Crippen molar-refractivity contribution in [3.05, 3.63) is 64.7 Å². The Kier molecular flexibility index (Phi) is 5.85. The molecular formula is C17H19ClN2O3S. The fraction of sp³-hybridized carbons (Fsp3) is 0.235. The van der Waals surface area contributed by atoms with E-state index in [2.05, 4.69) is 5.32 Å². The molecule has 0 saturated carbocycles. The zero-order valence-electron chi connectivity index (χ0n) is 13.5. The Morgan fingerprint density at radius 1 is 1.17 bits per heavy atom. The number of carbonyl (C=O) groups excluding carboxylic acids is 1. The number of aryl methyl sites for hydroxylation is 1. The molecule has 0 saturated heterocycles. The summed E-state index contributed by atoms with van der Waals surface area (Å²) in [4.78, 5) is 12.0. The summed E-state index contributed by atoms with van der Waals surface area (Å²) in [5, 5.41) is 3.18. The van der Waals surface area contributed by atoms with Crippen molar-refractivity contribution >= 4 is 33.2 Å². The zero-order chi connectivity index (χ0) is 17.7. The Labute approximate surface area is 147 Å². The van der Waals surface area contributed by atoms with Gasteiger partial charge in [-0.3, -0.25) is 9.10 Å². The Hall–Kier alpha value is -2.05. The monoisotopic (exact) mass is 366 g/mol. The molecule has 0 heterocycles. The fourth-order valence-electron chi connectivity index (χ4n) is 2.28. The normalized spacial score (nSPS) is 11.1. The topological polar surface area (TPSA) is 66.5 Å². The number of nitrogens with one attached hydrogen (secondary N) is 1. The maximum absolute atomic E-state index is 12.1. The average Bonchev–Trinajstić information content (AvgIpc) is 2.53. The van der Waals surface area contributed by atoms with Crippen LogP contribution in [0.5, 0.6) is 0 Å². The third-order valence-corrected chi connectivity index (χ3v) is 4.89. The van der Waals surface area contributed by atoms with E-state index >= 15 is 0 Å². The molecular weight excluding hydrogens is 348 g/mol. The molecule has 0 aliphatic rings. The first-order chi connectivity index (χ1) is 11.3. The number of nitrogens with zero attached hydrogens (tertiary/aromatic N) is 1. The highest BCUT2D eigenvalue weighted by molar-refractivity contribution is 7.92. The van der Waals surface area contributed by atoms with Gasteiger partial charge < -0.3 is 5.32 Å². The lowest BCUT2D eigenvalue weighted by Crippen LogP contribution is -2.38. The van der Waals surface area contributed by atoms with Crippen molar-refractivity contribution in [3.8, 4) is 0 Å². The van der Waals surface area contributed by atoms with Crippen molar-refractivity contribution in [1.82, 2.24) is 5.32 Å². The standard InChI is InChI=1S/C17H19ClN2O3S/c1-13-8-9-15(18)12-16(13)20(24(2,22)23)11-10-19-17(21)14-6-4-3-5-7-14/h3-9,12H,10-11H2,1-2H3,(H,19,21). The Balaban J connectivity index is 2.11. The number of amides is 1. The average molecular weight is 367 g/mol. The van der Waals surface area contributed by atoms with E-state index in [1.165, 1.54) is 4.31 Å². The summed E-state index contributed by atoms with van der Waals surface area (Å²) in [5.41, 5.74) is 1.83. The highest BCUT2D eigenvalue weighted by atomic mass is 35.5.